The molecule has 21 heavy (non-hydrogen) atoms. The fourth-order valence-electron chi connectivity index (χ4n) is 1.22. The number of rotatable bonds is 4. The predicted octanol–water partition coefficient (Wildman–Crippen LogP) is 1.67. The van der Waals surface area contributed by atoms with Crippen LogP contribution in [0.1, 0.15) is 5.56 Å². The summed E-state index contributed by atoms with van der Waals surface area (Å²) in [5.74, 6) is -1.06. The third-order valence-corrected chi connectivity index (χ3v) is 3.60. The van der Waals surface area contributed by atoms with Crippen molar-refractivity contribution in [1.82, 2.24) is 15.2 Å². The van der Waals surface area contributed by atoms with Gasteiger partial charge in [-0.05, 0) is 16.8 Å². The lowest BCUT2D eigenvalue weighted by Crippen LogP contribution is -2.06. The molecule has 9 heteroatoms. The molecule has 1 aromatic carbocycles. The number of aromatic amines is 1. The zero-order chi connectivity index (χ0) is 15.9. The Morgan fingerprint density at radius 2 is 2.00 bits per heavy atom. The molecular weight excluding hydrogens is 296 g/mol. The fourth-order valence-corrected chi connectivity index (χ4v) is 2.09. The van der Waals surface area contributed by atoms with Crippen molar-refractivity contribution in [1.29, 1.82) is 0 Å². The molecule has 0 radical (unpaired) electrons. The molecule has 8 nitrogen and oxygen atoms in total. The standard InChI is InChI=1S/C7H8.C5H6N4O4S/c1-7-5-3-2-4-6-7;1-2-3-14(12,13)5-6-4(7-8-5)9(10)11/h2-6H,1H3;2H,1,3H2,(H,6,7,8). The Balaban J connectivity index is 0.000000262. The fraction of sp³-hybridized carbons (Fsp3) is 0.167. The second kappa shape index (κ2) is 7.29. The van der Waals surface area contributed by atoms with Gasteiger partial charge in [-0.3, -0.25) is 0 Å². The Kier molecular flexibility index (Phi) is 5.73. The van der Waals surface area contributed by atoms with Crippen molar-refractivity contribution in [3.8, 4) is 0 Å². The van der Waals surface area contributed by atoms with E-state index in [9.17, 15) is 18.5 Å². The summed E-state index contributed by atoms with van der Waals surface area (Å²) < 4.78 is 22.5. The Hall–Kier alpha value is -2.55. The summed E-state index contributed by atoms with van der Waals surface area (Å²) in [6, 6.07) is 10.3. The number of aryl methyl sites for hydroxylation is 1. The number of aromatic nitrogens is 3. The van der Waals surface area contributed by atoms with E-state index in [2.05, 4.69) is 35.7 Å². The average molecular weight is 310 g/mol. The van der Waals surface area contributed by atoms with E-state index >= 15 is 0 Å². The van der Waals surface area contributed by atoms with Gasteiger partial charge in [0.05, 0.1) is 5.75 Å². The summed E-state index contributed by atoms with van der Waals surface area (Å²) in [5.41, 5.74) is 1.32. The van der Waals surface area contributed by atoms with E-state index in [1.807, 2.05) is 23.3 Å². The molecule has 0 aliphatic heterocycles. The molecule has 112 valence electrons. The molecule has 0 saturated carbocycles. The van der Waals surface area contributed by atoms with Crippen molar-refractivity contribution in [2.45, 2.75) is 12.1 Å². The van der Waals surface area contributed by atoms with Gasteiger partial charge in [0.15, 0.2) is 0 Å². The topological polar surface area (TPSA) is 119 Å². The van der Waals surface area contributed by atoms with Gasteiger partial charge in [0.1, 0.15) is 0 Å². The average Bonchev–Trinajstić information content (AvgIpc) is 2.91. The highest BCUT2D eigenvalue weighted by molar-refractivity contribution is 7.91. The lowest BCUT2D eigenvalue weighted by atomic mass is 10.2. The highest BCUT2D eigenvalue weighted by Gasteiger charge is 2.25. The van der Waals surface area contributed by atoms with Crippen LogP contribution in [-0.4, -0.2) is 34.3 Å². The van der Waals surface area contributed by atoms with Crippen molar-refractivity contribution in [2.24, 2.45) is 0 Å². The first kappa shape index (κ1) is 16.5. The number of sulfone groups is 1. The first-order valence-electron chi connectivity index (χ1n) is 5.79. The number of H-pyrrole nitrogens is 1. The van der Waals surface area contributed by atoms with Crippen LogP contribution in [0, 0.1) is 17.0 Å². The summed E-state index contributed by atoms with van der Waals surface area (Å²) in [6.07, 6.45) is 1.15. The maximum atomic E-state index is 11.2. The molecule has 1 N–H and O–H groups in total. The molecule has 2 aromatic rings. The number of nitrogens with one attached hydrogen (secondary N) is 1. The normalized spacial score (nSPS) is 10.3. The van der Waals surface area contributed by atoms with Crippen LogP contribution in [0.5, 0.6) is 0 Å². The van der Waals surface area contributed by atoms with E-state index in [-0.39, 0.29) is 5.75 Å². The van der Waals surface area contributed by atoms with E-state index in [4.69, 9.17) is 0 Å². The molecular formula is C12H14N4O4S. The zero-order valence-corrected chi connectivity index (χ0v) is 12.1. The maximum absolute atomic E-state index is 11.2. The molecule has 0 aliphatic carbocycles. The zero-order valence-electron chi connectivity index (χ0n) is 11.3. The van der Waals surface area contributed by atoms with Crippen LogP contribution in [0.25, 0.3) is 0 Å². The summed E-state index contributed by atoms with van der Waals surface area (Å²) in [6.45, 7) is 5.32. The van der Waals surface area contributed by atoms with Crippen LogP contribution in [-0.2, 0) is 9.84 Å². The Labute approximate surface area is 121 Å². The Morgan fingerprint density at radius 3 is 2.38 bits per heavy atom. The van der Waals surface area contributed by atoms with Gasteiger partial charge in [-0.25, -0.2) is 8.42 Å². The third-order valence-electron chi connectivity index (χ3n) is 2.18. The first-order valence-corrected chi connectivity index (χ1v) is 7.44. The minimum Gasteiger partial charge on any atom is -0.390 e. The third kappa shape index (κ3) is 5.15. The smallest absolute Gasteiger partial charge is 0.390 e. The molecule has 1 heterocycles. The second-order valence-corrected chi connectivity index (χ2v) is 5.85. The van der Waals surface area contributed by atoms with Crippen molar-refractivity contribution in [2.75, 3.05) is 5.75 Å². The van der Waals surface area contributed by atoms with Crippen LogP contribution in [0.4, 0.5) is 5.95 Å². The van der Waals surface area contributed by atoms with Crippen LogP contribution in [0.2, 0.25) is 0 Å². The summed E-state index contributed by atoms with van der Waals surface area (Å²) in [4.78, 5) is 12.5. The van der Waals surface area contributed by atoms with Gasteiger partial charge in [0, 0.05) is 0 Å². The van der Waals surface area contributed by atoms with Crippen molar-refractivity contribution in [3.63, 3.8) is 0 Å². The van der Waals surface area contributed by atoms with E-state index < -0.39 is 25.9 Å². The van der Waals surface area contributed by atoms with Crippen LogP contribution >= 0.6 is 0 Å². The molecule has 0 saturated heterocycles. The van der Waals surface area contributed by atoms with Gasteiger partial charge in [0.25, 0.3) is 0 Å². The van der Waals surface area contributed by atoms with Crippen LogP contribution in [0.15, 0.2) is 48.1 Å². The molecule has 0 spiro atoms. The monoisotopic (exact) mass is 310 g/mol. The van der Waals surface area contributed by atoms with E-state index in [0.29, 0.717) is 0 Å². The van der Waals surface area contributed by atoms with Gasteiger partial charge in [-0.1, -0.05) is 47.1 Å². The molecule has 0 bridgehead atoms. The molecule has 0 unspecified atom stereocenters. The molecule has 1 aromatic heterocycles. The van der Waals surface area contributed by atoms with Gasteiger partial charge in [-0.15, -0.1) is 11.7 Å². The summed E-state index contributed by atoms with van der Waals surface area (Å²) in [5, 5.41) is 14.7. The number of hydrogen-bond acceptors (Lipinski definition) is 6. The molecule has 0 atom stereocenters. The highest BCUT2D eigenvalue weighted by atomic mass is 32.2. The number of hydrogen-bond donors (Lipinski definition) is 1. The predicted molar refractivity (Wildman–Crippen MR) is 76.5 cm³/mol. The minimum atomic E-state index is -3.70. The largest absolute Gasteiger partial charge is 0.454 e. The number of nitro groups is 1. The first-order chi connectivity index (χ1) is 9.86. The number of nitrogens with zero attached hydrogens (tertiary/aromatic N) is 3. The van der Waals surface area contributed by atoms with Crippen LogP contribution in [0.3, 0.4) is 0 Å². The van der Waals surface area contributed by atoms with Gasteiger partial charge >= 0.3 is 11.1 Å². The second-order valence-electron chi connectivity index (χ2n) is 3.92. The van der Waals surface area contributed by atoms with E-state index in [0.717, 1.165) is 6.08 Å². The minimum absolute atomic E-state index is 0.359. The summed E-state index contributed by atoms with van der Waals surface area (Å²) in [7, 11) is -3.70. The highest BCUT2D eigenvalue weighted by Crippen LogP contribution is 2.08. The van der Waals surface area contributed by atoms with E-state index in [1.165, 1.54) is 5.56 Å². The molecule has 0 fully saturated rings. The van der Waals surface area contributed by atoms with E-state index in [1.54, 1.807) is 0 Å². The Morgan fingerprint density at radius 1 is 1.38 bits per heavy atom. The Bertz CT molecular complexity index is 710. The van der Waals surface area contributed by atoms with Crippen molar-refractivity contribution < 1.29 is 13.3 Å². The maximum Gasteiger partial charge on any atom is 0.454 e. The molecule has 0 amide bonds. The summed E-state index contributed by atoms with van der Waals surface area (Å²) >= 11 is 0. The lowest BCUT2D eigenvalue weighted by Gasteiger charge is -1.88. The van der Waals surface area contributed by atoms with Crippen LogP contribution < -0.4 is 0 Å². The van der Waals surface area contributed by atoms with Gasteiger partial charge < -0.3 is 10.1 Å². The molecule has 2 rings (SSSR count). The molecule has 0 aliphatic rings. The quantitative estimate of drug-likeness (QED) is 0.521. The van der Waals surface area contributed by atoms with Gasteiger partial charge in [-0.2, -0.15) is 0 Å². The van der Waals surface area contributed by atoms with Gasteiger partial charge in [0.2, 0.25) is 9.84 Å². The number of benzene rings is 1. The van der Waals surface area contributed by atoms with Crippen molar-refractivity contribution in [3.05, 3.63) is 58.7 Å². The van der Waals surface area contributed by atoms with Crippen molar-refractivity contribution >= 4 is 15.8 Å². The lowest BCUT2D eigenvalue weighted by molar-refractivity contribution is -0.394. The SMILES string of the molecule is C=CCS(=O)(=O)c1n[nH]c([N+](=O)[O-])n1.Cc1ccccc1.